The van der Waals surface area contributed by atoms with Gasteiger partial charge in [0.05, 0.1) is 24.0 Å². The molecule has 148 valence electrons. The van der Waals surface area contributed by atoms with Crippen LogP contribution < -0.4 is 10.6 Å². The van der Waals surface area contributed by atoms with Crippen molar-refractivity contribution in [2.75, 3.05) is 6.54 Å². The zero-order chi connectivity index (χ0) is 20.2. The number of H-pyrrole nitrogens is 1. The molecule has 1 saturated heterocycles. The second-order valence-electron chi connectivity index (χ2n) is 6.91. The summed E-state index contributed by atoms with van der Waals surface area (Å²) in [6.07, 6.45) is 0.470. The van der Waals surface area contributed by atoms with Gasteiger partial charge in [-0.3, -0.25) is 14.5 Å². The SMILES string of the molecule is O=C(CC1NC(=O)N(CCc2ccccc2)C1=O)NCc1nc2ccccc2[nH]1. The largest absolute Gasteiger partial charge is 0.349 e. The Hall–Kier alpha value is -3.68. The van der Waals surface area contributed by atoms with E-state index in [9.17, 15) is 14.4 Å². The minimum Gasteiger partial charge on any atom is -0.349 e. The van der Waals surface area contributed by atoms with Crippen molar-refractivity contribution in [2.45, 2.75) is 25.4 Å². The maximum absolute atomic E-state index is 12.5. The molecular formula is C21H21N5O3. The van der Waals surface area contributed by atoms with E-state index < -0.39 is 12.1 Å². The number of aromatic nitrogens is 2. The molecule has 3 N–H and O–H groups in total. The molecule has 1 fully saturated rings. The minimum absolute atomic E-state index is 0.105. The van der Waals surface area contributed by atoms with Crippen LogP contribution in [0.25, 0.3) is 11.0 Å². The zero-order valence-corrected chi connectivity index (χ0v) is 15.7. The molecule has 1 atom stereocenters. The van der Waals surface area contributed by atoms with Gasteiger partial charge in [0.2, 0.25) is 5.91 Å². The average molecular weight is 391 g/mol. The topological polar surface area (TPSA) is 107 Å². The highest BCUT2D eigenvalue weighted by molar-refractivity contribution is 6.05. The van der Waals surface area contributed by atoms with Gasteiger partial charge >= 0.3 is 6.03 Å². The van der Waals surface area contributed by atoms with Crippen molar-refractivity contribution in [1.82, 2.24) is 25.5 Å². The first-order valence-electron chi connectivity index (χ1n) is 9.46. The Morgan fingerprint density at radius 1 is 1.07 bits per heavy atom. The number of carbonyl (C=O) groups excluding carboxylic acids is 3. The van der Waals surface area contributed by atoms with E-state index in [2.05, 4.69) is 20.6 Å². The summed E-state index contributed by atoms with van der Waals surface area (Å²) in [5, 5.41) is 5.33. The molecule has 1 aliphatic heterocycles. The molecule has 0 aliphatic carbocycles. The number of rotatable bonds is 7. The Kier molecular flexibility index (Phi) is 5.24. The van der Waals surface area contributed by atoms with Crippen molar-refractivity contribution in [2.24, 2.45) is 0 Å². The van der Waals surface area contributed by atoms with E-state index in [4.69, 9.17) is 0 Å². The number of hydrogen-bond acceptors (Lipinski definition) is 4. The van der Waals surface area contributed by atoms with Crippen molar-refractivity contribution in [1.29, 1.82) is 0 Å². The van der Waals surface area contributed by atoms with Gasteiger partial charge in [-0.1, -0.05) is 42.5 Å². The fourth-order valence-electron chi connectivity index (χ4n) is 3.34. The normalized spacial score (nSPS) is 16.3. The lowest BCUT2D eigenvalue weighted by molar-refractivity contribution is -0.130. The smallest absolute Gasteiger partial charge is 0.324 e. The van der Waals surface area contributed by atoms with Crippen LogP contribution in [0.5, 0.6) is 0 Å². The van der Waals surface area contributed by atoms with E-state index in [1.54, 1.807) is 0 Å². The number of carbonyl (C=O) groups is 3. The Morgan fingerprint density at radius 3 is 2.62 bits per heavy atom. The molecular weight excluding hydrogens is 370 g/mol. The summed E-state index contributed by atoms with van der Waals surface area (Å²) in [4.78, 5) is 45.6. The first kappa shape index (κ1) is 18.7. The molecule has 2 aromatic carbocycles. The number of fused-ring (bicyclic) bond motifs is 1. The Labute approximate surface area is 167 Å². The summed E-state index contributed by atoms with van der Waals surface area (Å²) in [6.45, 7) is 0.506. The number of benzene rings is 2. The standard InChI is InChI=1S/C21H21N5O3/c27-19(22-13-18-23-15-8-4-5-9-16(15)24-18)12-17-20(28)26(21(29)25-17)11-10-14-6-2-1-3-7-14/h1-9,17H,10-13H2,(H,22,27)(H,23,24)(H,25,29). The quantitative estimate of drug-likeness (QED) is 0.533. The van der Waals surface area contributed by atoms with Gasteiger partial charge in [0, 0.05) is 6.54 Å². The third kappa shape index (κ3) is 4.26. The van der Waals surface area contributed by atoms with Crippen LogP contribution in [0.2, 0.25) is 0 Å². The lowest BCUT2D eigenvalue weighted by atomic mass is 10.1. The van der Waals surface area contributed by atoms with Crippen LogP contribution >= 0.6 is 0 Å². The molecule has 8 heteroatoms. The molecule has 4 rings (SSSR count). The van der Waals surface area contributed by atoms with Crippen LogP contribution in [-0.4, -0.2) is 45.3 Å². The van der Waals surface area contributed by atoms with E-state index in [1.165, 1.54) is 4.90 Å². The molecule has 0 radical (unpaired) electrons. The van der Waals surface area contributed by atoms with Gasteiger partial charge < -0.3 is 15.6 Å². The van der Waals surface area contributed by atoms with Crippen molar-refractivity contribution < 1.29 is 14.4 Å². The first-order valence-corrected chi connectivity index (χ1v) is 9.46. The van der Waals surface area contributed by atoms with Crippen LogP contribution in [0.4, 0.5) is 4.79 Å². The number of urea groups is 1. The van der Waals surface area contributed by atoms with Gasteiger partial charge in [0.25, 0.3) is 5.91 Å². The van der Waals surface area contributed by atoms with Crippen molar-refractivity contribution in [3.05, 3.63) is 66.0 Å². The molecule has 1 aromatic heterocycles. The molecule has 29 heavy (non-hydrogen) atoms. The van der Waals surface area contributed by atoms with Crippen LogP contribution in [0.1, 0.15) is 17.8 Å². The van der Waals surface area contributed by atoms with Crippen molar-refractivity contribution in [3.63, 3.8) is 0 Å². The number of aromatic amines is 1. The summed E-state index contributed by atoms with van der Waals surface area (Å²) in [6, 6.07) is 15.9. The molecule has 1 aliphatic rings. The molecule has 0 spiro atoms. The molecule has 0 bridgehead atoms. The second-order valence-corrected chi connectivity index (χ2v) is 6.91. The maximum Gasteiger partial charge on any atom is 0.324 e. The summed E-state index contributed by atoms with van der Waals surface area (Å²) >= 11 is 0. The highest BCUT2D eigenvalue weighted by Crippen LogP contribution is 2.12. The van der Waals surface area contributed by atoms with E-state index >= 15 is 0 Å². The van der Waals surface area contributed by atoms with Crippen molar-refractivity contribution >= 4 is 28.9 Å². The molecule has 2 heterocycles. The number of nitrogens with one attached hydrogen (secondary N) is 3. The average Bonchev–Trinajstić information content (AvgIpc) is 3.26. The summed E-state index contributed by atoms with van der Waals surface area (Å²) in [5.74, 6) is -0.0651. The molecule has 4 amide bonds. The minimum atomic E-state index is -0.839. The van der Waals surface area contributed by atoms with E-state index in [0.29, 0.717) is 12.2 Å². The molecule has 8 nitrogen and oxygen atoms in total. The predicted molar refractivity (Wildman–Crippen MR) is 107 cm³/mol. The third-order valence-corrected chi connectivity index (χ3v) is 4.85. The molecule has 0 saturated carbocycles. The Morgan fingerprint density at radius 2 is 1.83 bits per heavy atom. The molecule has 3 aromatic rings. The monoisotopic (exact) mass is 391 g/mol. The Balaban J connectivity index is 1.29. The van der Waals surface area contributed by atoms with Gasteiger partial charge in [-0.2, -0.15) is 0 Å². The number of nitrogens with zero attached hydrogens (tertiary/aromatic N) is 2. The highest BCUT2D eigenvalue weighted by atomic mass is 16.2. The fourth-order valence-corrected chi connectivity index (χ4v) is 3.34. The van der Waals surface area contributed by atoms with Crippen molar-refractivity contribution in [3.8, 4) is 0 Å². The van der Waals surface area contributed by atoms with Gasteiger partial charge in [-0.15, -0.1) is 0 Å². The summed E-state index contributed by atoms with van der Waals surface area (Å²) in [7, 11) is 0. The lowest BCUT2D eigenvalue weighted by Gasteiger charge is -2.13. The first-order chi connectivity index (χ1) is 14.1. The van der Waals surface area contributed by atoms with Gasteiger partial charge in [-0.25, -0.2) is 9.78 Å². The summed E-state index contributed by atoms with van der Waals surface area (Å²) < 4.78 is 0. The van der Waals surface area contributed by atoms with Crippen LogP contribution in [0.3, 0.4) is 0 Å². The highest BCUT2D eigenvalue weighted by Gasteiger charge is 2.38. The van der Waals surface area contributed by atoms with Crippen LogP contribution in [0, 0.1) is 0 Å². The van der Waals surface area contributed by atoms with Crippen LogP contribution in [-0.2, 0) is 22.6 Å². The van der Waals surface area contributed by atoms with E-state index in [0.717, 1.165) is 16.6 Å². The third-order valence-electron chi connectivity index (χ3n) is 4.85. The zero-order valence-electron chi connectivity index (χ0n) is 15.7. The number of imide groups is 1. The van der Waals surface area contributed by atoms with Gasteiger partial charge in [0.1, 0.15) is 11.9 Å². The molecule has 1 unspecified atom stereocenters. The summed E-state index contributed by atoms with van der Waals surface area (Å²) in [5.41, 5.74) is 2.76. The van der Waals surface area contributed by atoms with Crippen LogP contribution in [0.15, 0.2) is 54.6 Å². The second kappa shape index (κ2) is 8.14. The van der Waals surface area contributed by atoms with E-state index in [-0.39, 0.29) is 31.3 Å². The fraction of sp³-hybridized carbons (Fsp3) is 0.238. The van der Waals surface area contributed by atoms with Gasteiger partial charge in [-0.05, 0) is 24.1 Å². The Bertz CT molecular complexity index is 1010. The predicted octanol–water partition coefficient (Wildman–Crippen LogP) is 1.73. The van der Waals surface area contributed by atoms with Gasteiger partial charge in [0.15, 0.2) is 0 Å². The number of para-hydroxylation sites is 2. The lowest BCUT2D eigenvalue weighted by Crippen LogP contribution is -2.36. The van der Waals surface area contributed by atoms with E-state index in [1.807, 2.05) is 54.6 Å². The number of amides is 4. The number of hydrogen-bond donors (Lipinski definition) is 3. The maximum atomic E-state index is 12.5. The number of imidazole rings is 1.